The van der Waals surface area contributed by atoms with Crippen LogP contribution in [0.25, 0.3) is 10.9 Å². The van der Waals surface area contributed by atoms with Crippen LogP contribution in [0.1, 0.15) is 35.0 Å². The van der Waals surface area contributed by atoms with Crippen LogP contribution in [0.15, 0.2) is 49.6 Å². The van der Waals surface area contributed by atoms with Crippen molar-refractivity contribution in [3.63, 3.8) is 0 Å². The zero-order chi connectivity index (χ0) is 19.8. The number of hydrogen-bond acceptors (Lipinski definition) is 5. The molecule has 3 aliphatic heterocycles. The maximum Gasteiger partial charge on any atom is 0.203 e. The fourth-order valence-corrected chi connectivity index (χ4v) is 4.75. The normalized spacial score (nSPS) is 27.4. The Morgan fingerprint density at radius 1 is 1.39 bits per heavy atom. The minimum Gasteiger partial charge on any atom is -0.497 e. The number of pyridine rings is 1. The number of methoxy groups -OCH3 is 1. The quantitative estimate of drug-likeness (QED) is 0.473. The summed E-state index contributed by atoms with van der Waals surface area (Å²) in [6.45, 7) is 9.46. The van der Waals surface area contributed by atoms with Crippen LogP contribution in [0.2, 0.25) is 0 Å². The predicted octanol–water partition coefficient (Wildman–Crippen LogP) is 3.54. The second-order valence-electron chi connectivity index (χ2n) is 7.74. The van der Waals surface area contributed by atoms with Gasteiger partial charge < -0.3 is 9.84 Å². The average Bonchev–Trinajstić information content (AvgIpc) is 2.76. The smallest absolute Gasteiger partial charge is 0.203 e. The standard InChI is InChI=1S/C23H26N2O3/c1-4-14-13-25-9-8-15(14)10-21(25)23(27)18-12-20(22(26)5-2)24-19-7-6-16(28-3)11-17(18)19/h4-7,11-12,14-15,21,23,27H,1-2,8-10,13H2,3H3/t14-,15?,21-,23+/m0/s1. The number of piperidine rings is 3. The lowest BCUT2D eigenvalue weighted by Crippen LogP contribution is -2.54. The Hall–Kier alpha value is -2.50. The van der Waals surface area contributed by atoms with Gasteiger partial charge in [0, 0.05) is 18.0 Å². The summed E-state index contributed by atoms with van der Waals surface area (Å²) in [4.78, 5) is 19.1. The Balaban J connectivity index is 1.78. The topological polar surface area (TPSA) is 62.7 Å². The number of aromatic nitrogens is 1. The molecule has 2 unspecified atom stereocenters. The summed E-state index contributed by atoms with van der Waals surface area (Å²) in [5.74, 6) is 1.49. The molecule has 28 heavy (non-hydrogen) atoms. The van der Waals surface area contributed by atoms with Gasteiger partial charge in [0.25, 0.3) is 0 Å². The van der Waals surface area contributed by atoms with Crippen molar-refractivity contribution in [1.82, 2.24) is 9.88 Å². The molecule has 0 radical (unpaired) electrons. The monoisotopic (exact) mass is 378 g/mol. The molecule has 1 aromatic heterocycles. The number of benzene rings is 1. The van der Waals surface area contributed by atoms with Crippen molar-refractivity contribution in [3.05, 3.63) is 60.8 Å². The maximum absolute atomic E-state index is 12.2. The number of ether oxygens (including phenoxy) is 1. The summed E-state index contributed by atoms with van der Waals surface area (Å²) in [6.07, 6.45) is 4.67. The van der Waals surface area contributed by atoms with E-state index in [9.17, 15) is 9.90 Å². The summed E-state index contributed by atoms with van der Waals surface area (Å²) in [7, 11) is 1.61. The van der Waals surface area contributed by atoms with Gasteiger partial charge in [-0.1, -0.05) is 12.7 Å². The Kier molecular flexibility index (Phi) is 5.04. The summed E-state index contributed by atoms with van der Waals surface area (Å²) in [5, 5.41) is 12.2. The molecule has 3 aliphatic rings. The highest BCUT2D eigenvalue weighted by Gasteiger charge is 2.42. The molecule has 4 heterocycles. The third-order valence-electron chi connectivity index (χ3n) is 6.32. The average molecular weight is 378 g/mol. The lowest BCUT2D eigenvalue weighted by Gasteiger charge is -2.50. The minimum atomic E-state index is -0.706. The Bertz CT molecular complexity index is 939. The van der Waals surface area contributed by atoms with Gasteiger partial charge in [-0.2, -0.15) is 0 Å². The molecule has 0 amide bonds. The van der Waals surface area contributed by atoms with Gasteiger partial charge in [-0.05, 0) is 67.1 Å². The van der Waals surface area contributed by atoms with E-state index in [1.54, 1.807) is 13.2 Å². The number of hydrogen-bond donors (Lipinski definition) is 1. The molecule has 5 rings (SSSR count). The van der Waals surface area contributed by atoms with Crippen LogP contribution in [0.4, 0.5) is 0 Å². The lowest BCUT2D eigenvalue weighted by atomic mass is 9.73. The van der Waals surface area contributed by atoms with Crippen LogP contribution >= 0.6 is 0 Å². The molecule has 0 saturated carbocycles. The van der Waals surface area contributed by atoms with Crippen LogP contribution in [-0.2, 0) is 0 Å². The fraction of sp³-hybridized carbons (Fsp3) is 0.391. The highest BCUT2D eigenvalue weighted by Crippen LogP contribution is 2.42. The molecule has 0 spiro atoms. The van der Waals surface area contributed by atoms with E-state index in [-0.39, 0.29) is 11.8 Å². The highest BCUT2D eigenvalue weighted by molar-refractivity contribution is 6.04. The first kappa shape index (κ1) is 18.8. The SMILES string of the molecule is C=CC(=O)c1cc([C@@H](O)[C@@H]2CC3CCN2C[C@@H]3C=C)c2cc(OC)ccc2n1. The third-order valence-corrected chi connectivity index (χ3v) is 6.32. The number of rotatable bonds is 6. The minimum absolute atomic E-state index is 0.0263. The summed E-state index contributed by atoms with van der Waals surface area (Å²) >= 11 is 0. The second-order valence-corrected chi connectivity index (χ2v) is 7.74. The van der Waals surface area contributed by atoms with Crippen molar-refractivity contribution in [1.29, 1.82) is 0 Å². The van der Waals surface area contributed by atoms with E-state index >= 15 is 0 Å². The third kappa shape index (κ3) is 3.15. The molecular weight excluding hydrogens is 352 g/mol. The summed E-state index contributed by atoms with van der Waals surface area (Å²) in [5.41, 5.74) is 1.70. The molecule has 5 atom stereocenters. The number of aliphatic hydroxyl groups excluding tert-OH is 1. The van der Waals surface area contributed by atoms with Gasteiger partial charge in [-0.15, -0.1) is 6.58 Å². The van der Waals surface area contributed by atoms with Crippen molar-refractivity contribution in [2.75, 3.05) is 20.2 Å². The molecule has 0 aliphatic carbocycles. The number of ketones is 1. The van der Waals surface area contributed by atoms with Crippen LogP contribution in [-0.4, -0.2) is 47.0 Å². The number of aliphatic hydroxyl groups is 1. The molecule has 5 heteroatoms. The van der Waals surface area contributed by atoms with Crippen LogP contribution < -0.4 is 4.74 Å². The zero-order valence-electron chi connectivity index (χ0n) is 16.2. The van der Waals surface area contributed by atoms with E-state index in [4.69, 9.17) is 4.74 Å². The van der Waals surface area contributed by atoms with Crippen LogP contribution in [0.3, 0.4) is 0 Å². The maximum atomic E-state index is 12.2. The summed E-state index contributed by atoms with van der Waals surface area (Å²) in [6, 6.07) is 7.26. The Morgan fingerprint density at radius 2 is 2.21 bits per heavy atom. The molecule has 2 bridgehead atoms. The van der Waals surface area contributed by atoms with Gasteiger partial charge in [-0.3, -0.25) is 9.69 Å². The van der Waals surface area contributed by atoms with Crippen LogP contribution in [0, 0.1) is 11.8 Å². The van der Waals surface area contributed by atoms with E-state index in [0.29, 0.717) is 28.8 Å². The van der Waals surface area contributed by atoms with Gasteiger partial charge in [0.1, 0.15) is 11.4 Å². The van der Waals surface area contributed by atoms with E-state index < -0.39 is 6.10 Å². The predicted molar refractivity (Wildman–Crippen MR) is 110 cm³/mol. The summed E-state index contributed by atoms with van der Waals surface area (Å²) < 4.78 is 5.37. The number of fused-ring (bicyclic) bond motifs is 4. The van der Waals surface area contributed by atoms with E-state index in [2.05, 4.69) is 23.0 Å². The van der Waals surface area contributed by atoms with E-state index in [0.717, 1.165) is 36.9 Å². The van der Waals surface area contributed by atoms with Crippen LogP contribution in [0.5, 0.6) is 5.75 Å². The van der Waals surface area contributed by atoms with Crippen molar-refractivity contribution in [2.45, 2.75) is 25.0 Å². The molecule has 1 N–H and O–H groups in total. The first-order valence-electron chi connectivity index (χ1n) is 9.75. The van der Waals surface area contributed by atoms with E-state index in [1.165, 1.54) is 6.08 Å². The largest absolute Gasteiger partial charge is 0.497 e. The number of carbonyl (C=O) groups is 1. The van der Waals surface area contributed by atoms with Gasteiger partial charge in [0.05, 0.1) is 18.7 Å². The van der Waals surface area contributed by atoms with Gasteiger partial charge in [0.2, 0.25) is 5.78 Å². The van der Waals surface area contributed by atoms with Crippen molar-refractivity contribution in [3.8, 4) is 5.75 Å². The molecule has 2 aromatic rings. The first-order valence-corrected chi connectivity index (χ1v) is 9.75. The lowest BCUT2D eigenvalue weighted by molar-refractivity contribution is -0.0445. The number of carbonyl (C=O) groups excluding carboxylic acids is 1. The second kappa shape index (κ2) is 7.49. The molecule has 146 valence electrons. The van der Waals surface area contributed by atoms with Crippen molar-refractivity contribution < 1.29 is 14.6 Å². The highest BCUT2D eigenvalue weighted by atomic mass is 16.5. The van der Waals surface area contributed by atoms with Crippen molar-refractivity contribution >= 4 is 16.7 Å². The molecular formula is C23H26N2O3. The van der Waals surface area contributed by atoms with Gasteiger partial charge in [-0.25, -0.2) is 4.98 Å². The van der Waals surface area contributed by atoms with Gasteiger partial charge in [0.15, 0.2) is 0 Å². The van der Waals surface area contributed by atoms with E-state index in [1.807, 2.05) is 24.3 Å². The molecule has 1 aromatic carbocycles. The van der Waals surface area contributed by atoms with Crippen molar-refractivity contribution in [2.24, 2.45) is 11.8 Å². The number of allylic oxidation sites excluding steroid dienone is 1. The Labute approximate surface area is 165 Å². The molecule has 3 saturated heterocycles. The Morgan fingerprint density at radius 3 is 2.86 bits per heavy atom. The fourth-order valence-electron chi connectivity index (χ4n) is 4.75. The van der Waals surface area contributed by atoms with Gasteiger partial charge >= 0.3 is 0 Å². The number of nitrogens with zero attached hydrogens (tertiary/aromatic N) is 2. The molecule has 5 nitrogen and oxygen atoms in total. The molecule has 3 fully saturated rings. The first-order chi connectivity index (χ1) is 13.5. The zero-order valence-corrected chi connectivity index (χ0v) is 16.2.